The summed E-state index contributed by atoms with van der Waals surface area (Å²) in [5, 5.41) is 12.6. The number of hydrogen-bond acceptors (Lipinski definition) is 7. The Balaban J connectivity index is 1.59. The van der Waals surface area contributed by atoms with E-state index in [1.807, 2.05) is 53.1 Å². The zero-order valence-corrected chi connectivity index (χ0v) is 20.9. The average molecular weight is 511 g/mol. The molecule has 1 amide bonds. The molecule has 0 radical (unpaired) electrons. The summed E-state index contributed by atoms with van der Waals surface area (Å²) in [6.45, 7) is 0. The monoisotopic (exact) mass is 510 g/mol. The lowest BCUT2D eigenvalue weighted by Crippen LogP contribution is -2.14. The number of nitrogens with zero attached hydrogens (tertiary/aromatic N) is 3. The molecule has 1 aromatic heterocycles. The summed E-state index contributed by atoms with van der Waals surface area (Å²) in [6.07, 6.45) is 0. The molecule has 8 nitrogen and oxygen atoms in total. The Labute approximate surface area is 212 Å². The predicted octanol–water partition coefficient (Wildman–Crippen LogP) is 5.34. The molecule has 0 saturated heterocycles. The third-order valence-electron chi connectivity index (χ3n) is 5.06. The fourth-order valence-corrected chi connectivity index (χ4v) is 4.36. The van der Waals surface area contributed by atoms with Gasteiger partial charge in [0.1, 0.15) is 17.2 Å². The molecule has 0 spiro atoms. The number of rotatable bonds is 9. The fourth-order valence-electron chi connectivity index (χ4n) is 3.35. The van der Waals surface area contributed by atoms with Crippen LogP contribution in [-0.2, 0) is 4.79 Å². The van der Waals surface area contributed by atoms with Gasteiger partial charge in [0, 0.05) is 16.9 Å². The van der Waals surface area contributed by atoms with Gasteiger partial charge in [0.2, 0.25) is 5.91 Å². The van der Waals surface area contributed by atoms with Crippen molar-refractivity contribution in [2.45, 2.75) is 5.16 Å². The van der Waals surface area contributed by atoms with Gasteiger partial charge >= 0.3 is 0 Å². The molecule has 0 bridgehead atoms. The molecular formula is C25H23ClN4O4S. The SMILES string of the molecule is COc1ccc(-n2c(SCC(=O)Nc3ccc(OC)c(Cl)c3)nnc2-c2cccc(OC)c2)cc1. The van der Waals surface area contributed by atoms with E-state index < -0.39 is 0 Å². The first-order valence-corrected chi connectivity index (χ1v) is 11.9. The van der Waals surface area contributed by atoms with Crippen LogP contribution in [0.5, 0.6) is 17.2 Å². The molecule has 0 aliphatic heterocycles. The molecule has 0 aliphatic carbocycles. The summed E-state index contributed by atoms with van der Waals surface area (Å²) >= 11 is 7.43. The molecule has 4 rings (SSSR count). The number of amides is 1. The molecule has 1 heterocycles. The molecule has 3 aromatic carbocycles. The summed E-state index contributed by atoms with van der Waals surface area (Å²) in [6, 6.07) is 20.2. The van der Waals surface area contributed by atoms with Gasteiger partial charge in [-0.15, -0.1) is 10.2 Å². The van der Waals surface area contributed by atoms with Gasteiger partial charge in [0.05, 0.1) is 32.1 Å². The molecule has 0 saturated carbocycles. The van der Waals surface area contributed by atoms with Crippen LogP contribution in [0, 0.1) is 0 Å². The van der Waals surface area contributed by atoms with Gasteiger partial charge in [-0.1, -0.05) is 35.5 Å². The Bertz CT molecular complexity index is 1330. The number of halogens is 1. The summed E-state index contributed by atoms with van der Waals surface area (Å²) in [4.78, 5) is 12.6. The van der Waals surface area contributed by atoms with Crippen molar-refractivity contribution in [3.05, 3.63) is 71.8 Å². The van der Waals surface area contributed by atoms with E-state index in [1.165, 1.54) is 18.9 Å². The van der Waals surface area contributed by atoms with Gasteiger partial charge in [-0.05, 0) is 54.6 Å². The van der Waals surface area contributed by atoms with Crippen LogP contribution in [0.4, 0.5) is 5.69 Å². The second-order valence-corrected chi connectivity index (χ2v) is 8.61. The van der Waals surface area contributed by atoms with E-state index in [0.29, 0.717) is 33.2 Å². The number of anilines is 1. The van der Waals surface area contributed by atoms with Crippen LogP contribution in [0.2, 0.25) is 5.02 Å². The minimum absolute atomic E-state index is 0.121. The van der Waals surface area contributed by atoms with Crippen LogP contribution in [-0.4, -0.2) is 47.8 Å². The lowest BCUT2D eigenvalue weighted by Gasteiger charge is -2.12. The third kappa shape index (κ3) is 5.70. The number of carbonyl (C=O) groups is 1. The first kappa shape index (κ1) is 24.4. The first-order valence-electron chi connectivity index (χ1n) is 10.5. The maximum atomic E-state index is 12.6. The van der Waals surface area contributed by atoms with Crippen LogP contribution in [0.1, 0.15) is 0 Å². The molecule has 0 fully saturated rings. The summed E-state index contributed by atoms with van der Waals surface area (Å²) < 4.78 is 17.7. The standard InChI is InChI=1S/C25H23ClN4O4S/c1-32-19-10-8-18(9-11-19)30-24(16-5-4-6-20(13-16)33-2)28-29-25(30)35-15-23(31)27-17-7-12-22(34-3)21(26)14-17/h4-14H,15H2,1-3H3,(H,27,31). The maximum absolute atomic E-state index is 12.6. The second kappa shape index (κ2) is 11.2. The largest absolute Gasteiger partial charge is 0.497 e. The quantitative estimate of drug-likeness (QED) is 0.304. The van der Waals surface area contributed by atoms with E-state index in [9.17, 15) is 4.79 Å². The highest BCUT2D eigenvalue weighted by molar-refractivity contribution is 7.99. The van der Waals surface area contributed by atoms with Gasteiger partial charge in [0.15, 0.2) is 11.0 Å². The molecule has 0 atom stereocenters. The summed E-state index contributed by atoms with van der Waals surface area (Å²) in [5.74, 6) is 2.52. The molecule has 0 unspecified atom stereocenters. The Morgan fingerprint density at radius 2 is 1.71 bits per heavy atom. The van der Waals surface area contributed by atoms with Crippen LogP contribution in [0.3, 0.4) is 0 Å². The number of hydrogen-bond donors (Lipinski definition) is 1. The molecular weight excluding hydrogens is 488 g/mol. The Kier molecular flexibility index (Phi) is 7.79. The zero-order valence-electron chi connectivity index (χ0n) is 19.3. The van der Waals surface area contributed by atoms with Crippen LogP contribution < -0.4 is 19.5 Å². The second-order valence-electron chi connectivity index (χ2n) is 7.26. The molecule has 10 heteroatoms. The fraction of sp³-hybridized carbons (Fsp3) is 0.160. The first-order chi connectivity index (χ1) is 17.0. The smallest absolute Gasteiger partial charge is 0.234 e. The van der Waals surface area contributed by atoms with Crippen molar-refractivity contribution in [3.63, 3.8) is 0 Å². The Hall–Kier alpha value is -3.69. The number of benzene rings is 3. The maximum Gasteiger partial charge on any atom is 0.234 e. The third-order valence-corrected chi connectivity index (χ3v) is 6.28. The normalized spacial score (nSPS) is 10.6. The van der Waals surface area contributed by atoms with Crippen molar-refractivity contribution in [1.29, 1.82) is 0 Å². The minimum Gasteiger partial charge on any atom is -0.497 e. The molecule has 35 heavy (non-hydrogen) atoms. The lowest BCUT2D eigenvalue weighted by molar-refractivity contribution is -0.113. The van der Waals surface area contributed by atoms with Crippen molar-refractivity contribution >= 4 is 35.0 Å². The van der Waals surface area contributed by atoms with Gasteiger partial charge in [-0.25, -0.2) is 0 Å². The summed E-state index contributed by atoms with van der Waals surface area (Å²) in [5.41, 5.74) is 2.24. The zero-order chi connectivity index (χ0) is 24.8. The molecule has 4 aromatic rings. The van der Waals surface area contributed by atoms with Gasteiger partial charge in [0.25, 0.3) is 0 Å². The predicted molar refractivity (Wildman–Crippen MR) is 137 cm³/mol. The van der Waals surface area contributed by atoms with Gasteiger partial charge < -0.3 is 19.5 Å². The lowest BCUT2D eigenvalue weighted by atomic mass is 10.2. The number of ether oxygens (including phenoxy) is 3. The highest BCUT2D eigenvalue weighted by atomic mass is 35.5. The van der Waals surface area contributed by atoms with E-state index in [2.05, 4.69) is 15.5 Å². The number of carbonyl (C=O) groups excluding carboxylic acids is 1. The highest BCUT2D eigenvalue weighted by Gasteiger charge is 2.18. The molecule has 180 valence electrons. The van der Waals surface area contributed by atoms with Crippen LogP contribution in [0.25, 0.3) is 17.1 Å². The van der Waals surface area contributed by atoms with Crippen molar-refractivity contribution in [2.24, 2.45) is 0 Å². The van der Waals surface area contributed by atoms with E-state index in [4.69, 9.17) is 25.8 Å². The molecule has 0 aliphatic rings. The summed E-state index contributed by atoms with van der Waals surface area (Å²) in [7, 11) is 4.77. The van der Waals surface area contributed by atoms with Gasteiger partial charge in [-0.3, -0.25) is 9.36 Å². The van der Waals surface area contributed by atoms with E-state index in [1.54, 1.807) is 32.4 Å². The number of nitrogens with one attached hydrogen (secondary N) is 1. The Morgan fingerprint density at radius 1 is 0.943 bits per heavy atom. The van der Waals surface area contributed by atoms with Crippen molar-refractivity contribution in [2.75, 3.05) is 32.4 Å². The van der Waals surface area contributed by atoms with E-state index in [-0.39, 0.29) is 11.7 Å². The van der Waals surface area contributed by atoms with E-state index in [0.717, 1.165) is 17.0 Å². The minimum atomic E-state index is -0.205. The highest BCUT2D eigenvalue weighted by Crippen LogP contribution is 2.31. The van der Waals surface area contributed by atoms with Crippen molar-refractivity contribution < 1.29 is 19.0 Å². The van der Waals surface area contributed by atoms with E-state index >= 15 is 0 Å². The average Bonchev–Trinajstić information content (AvgIpc) is 3.31. The molecule has 1 N–H and O–H groups in total. The number of methoxy groups -OCH3 is 3. The van der Waals surface area contributed by atoms with Crippen LogP contribution >= 0.6 is 23.4 Å². The van der Waals surface area contributed by atoms with Crippen molar-refractivity contribution in [1.82, 2.24) is 14.8 Å². The number of thioether (sulfide) groups is 1. The van der Waals surface area contributed by atoms with Gasteiger partial charge in [-0.2, -0.15) is 0 Å². The van der Waals surface area contributed by atoms with Crippen molar-refractivity contribution in [3.8, 4) is 34.3 Å². The van der Waals surface area contributed by atoms with Crippen LogP contribution in [0.15, 0.2) is 71.9 Å². The topological polar surface area (TPSA) is 87.5 Å². The number of aromatic nitrogens is 3. The Morgan fingerprint density at radius 3 is 2.40 bits per heavy atom.